The van der Waals surface area contributed by atoms with Gasteiger partial charge in [0.1, 0.15) is 6.04 Å². The molecular formula is C12H15F4N. The molecule has 1 aromatic rings. The summed E-state index contributed by atoms with van der Waals surface area (Å²) in [5.41, 5.74) is 1.90. The van der Waals surface area contributed by atoms with Gasteiger partial charge in [-0.25, -0.2) is 8.78 Å². The minimum absolute atomic E-state index is 0.168. The Bertz CT molecular complexity index is 390. The van der Waals surface area contributed by atoms with Gasteiger partial charge in [0.25, 0.3) is 0 Å². The van der Waals surface area contributed by atoms with Crippen LogP contribution < -0.4 is 5.32 Å². The van der Waals surface area contributed by atoms with E-state index in [4.69, 9.17) is 0 Å². The molecule has 96 valence electrons. The Morgan fingerprint density at radius 2 is 1.71 bits per heavy atom. The van der Waals surface area contributed by atoms with E-state index >= 15 is 0 Å². The molecule has 0 heterocycles. The molecule has 0 aliphatic heterocycles. The molecule has 17 heavy (non-hydrogen) atoms. The minimum atomic E-state index is -4.09. The van der Waals surface area contributed by atoms with Crippen molar-refractivity contribution >= 4 is 0 Å². The van der Waals surface area contributed by atoms with Crippen LogP contribution in [-0.4, -0.2) is 19.4 Å². The molecule has 0 saturated heterocycles. The van der Waals surface area contributed by atoms with Crippen molar-refractivity contribution < 1.29 is 17.6 Å². The minimum Gasteiger partial charge on any atom is -0.308 e. The van der Waals surface area contributed by atoms with E-state index in [-0.39, 0.29) is 5.56 Å². The molecule has 0 radical (unpaired) electrons. The number of alkyl halides is 4. The van der Waals surface area contributed by atoms with Crippen molar-refractivity contribution in [3.05, 3.63) is 34.9 Å². The van der Waals surface area contributed by atoms with Gasteiger partial charge in [0, 0.05) is 0 Å². The van der Waals surface area contributed by atoms with Gasteiger partial charge >= 0.3 is 12.3 Å². The maximum Gasteiger partial charge on any atom is 0.326 e. The molecule has 1 atom stereocenters. The summed E-state index contributed by atoms with van der Waals surface area (Å²) >= 11 is 0. The molecule has 1 nitrogen and oxygen atoms in total. The monoisotopic (exact) mass is 249 g/mol. The van der Waals surface area contributed by atoms with E-state index in [0.29, 0.717) is 0 Å². The quantitative estimate of drug-likeness (QED) is 0.806. The van der Waals surface area contributed by atoms with Crippen LogP contribution in [0.15, 0.2) is 18.2 Å². The summed E-state index contributed by atoms with van der Waals surface area (Å²) in [4.78, 5) is 0. The maximum atomic E-state index is 13.3. The highest BCUT2D eigenvalue weighted by Gasteiger charge is 2.48. The van der Waals surface area contributed by atoms with E-state index in [1.54, 1.807) is 13.0 Å². The Morgan fingerprint density at radius 1 is 1.12 bits per heavy atom. The zero-order valence-corrected chi connectivity index (χ0v) is 9.90. The van der Waals surface area contributed by atoms with E-state index in [2.05, 4.69) is 5.32 Å². The third-order valence-corrected chi connectivity index (χ3v) is 2.83. The molecule has 1 rings (SSSR count). The van der Waals surface area contributed by atoms with Crippen molar-refractivity contribution in [2.24, 2.45) is 0 Å². The second kappa shape index (κ2) is 5.04. The summed E-state index contributed by atoms with van der Waals surface area (Å²) in [5, 5.41) is 2.26. The van der Waals surface area contributed by atoms with Crippen molar-refractivity contribution in [2.75, 3.05) is 7.05 Å². The molecule has 0 saturated carbocycles. The predicted molar refractivity (Wildman–Crippen MR) is 58.7 cm³/mol. The van der Waals surface area contributed by atoms with Gasteiger partial charge in [-0.2, -0.15) is 8.78 Å². The molecule has 5 heteroatoms. The van der Waals surface area contributed by atoms with Crippen molar-refractivity contribution in [1.29, 1.82) is 0 Å². The lowest BCUT2D eigenvalue weighted by molar-refractivity contribution is -0.150. The molecule has 1 N–H and O–H groups in total. The van der Waals surface area contributed by atoms with Crippen molar-refractivity contribution in [3.63, 3.8) is 0 Å². The van der Waals surface area contributed by atoms with E-state index in [0.717, 1.165) is 11.1 Å². The molecule has 0 amide bonds. The molecule has 0 aromatic heterocycles. The molecule has 1 unspecified atom stereocenters. The summed E-state index contributed by atoms with van der Waals surface area (Å²) < 4.78 is 51.3. The maximum absolute atomic E-state index is 13.3. The van der Waals surface area contributed by atoms with Gasteiger partial charge in [-0.15, -0.1) is 0 Å². The van der Waals surface area contributed by atoms with Crippen LogP contribution in [-0.2, 0) is 0 Å². The van der Waals surface area contributed by atoms with Crippen molar-refractivity contribution in [1.82, 2.24) is 5.32 Å². The number of rotatable bonds is 4. The van der Waals surface area contributed by atoms with Gasteiger partial charge < -0.3 is 5.32 Å². The zero-order chi connectivity index (χ0) is 13.2. The molecule has 1 aromatic carbocycles. The largest absolute Gasteiger partial charge is 0.326 e. The molecule has 0 spiro atoms. The van der Waals surface area contributed by atoms with Gasteiger partial charge in [0.15, 0.2) is 0 Å². The molecule has 0 fully saturated rings. The second-order valence-electron chi connectivity index (χ2n) is 4.04. The highest BCUT2D eigenvalue weighted by atomic mass is 19.3. The van der Waals surface area contributed by atoms with Gasteiger partial charge in [-0.1, -0.05) is 18.2 Å². The summed E-state index contributed by atoms with van der Waals surface area (Å²) in [7, 11) is 1.25. The Labute approximate surface area is 97.8 Å². The summed E-state index contributed by atoms with van der Waals surface area (Å²) in [6.45, 7) is 3.59. The first-order chi connectivity index (χ1) is 7.80. The van der Waals surface area contributed by atoms with E-state index in [1.165, 1.54) is 19.2 Å². The second-order valence-corrected chi connectivity index (χ2v) is 4.04. The van der Waals surface area contributed by atoms with Gasteiger partial charge in [-0.3, -0.25) is 0 Å². The Balaban J connectivity index is 3.14. The van der Waals surface area contributed by atoms with Crippen LogP contribution in [0.1, 0.15) is 22.7 Å². The lowest BCUT2D eigenvalue weighted by Gasteiger charge is -2.26. The Kier molecular flexibility index (Phi) is 4.14. The highest BCUT2D eigenvalue weighted by molar-refractivity contribution is 5.32. The standard InChI is InChI=1S/C12H15F4N/c1-7-4-5-9(6-8(7)2)10(17-3)12(15,16)11(13)14/h4-6,10-11,17H,1-3H3. The van der Waals surface area contributed by atoms with Crippen LogP contribution in [0, 0.1) is 13.8 Å². The van der Waals surface area contributed by atoms with Gasteiger partial charge in [0.2, 0.25) is 0 Å². The first-order valence-corrected chi connectivity index (χ1v) is 5.21. The predicted octanol–water partition coefficient (Wildman–Crippen LogP) is 3.46. The van der Waals surface area contributed by atoms with Crippen LogP contribution in [0.25, 0.3) is 0 Å². The smallest absolute Gasteiger partial charge is 0.308 e. The van der Waals surface area contributed by atoms with Crippen LogP contribution in [0.5, 0.6) is 0 Å². The number of hydrogen-bond donors (Lipinski definition) is 1. The van der Waals surface area contributed by atoms with E-state index in [1.807, 2.05) is 6.92 Å². The third-order valence-electron chi connectivity index (χ3n) is 2.83. The topological polar surface area (TPSA) is 12.0 Å². The molecule has 0 aliphatic carbocycles. The van der Waals surface area contributed by atoms with Crippen LogP contribution in [0.4, 0.5) is 17.6 Å². The Morgan fingerprint density at radius 3 is 2.12 bits per heavy atom. The normalized spacial score (nSPS) is 14.1. The average Bonchev–Trinajstić information content (AvgIpc) is 2.23. The third kappa shape index (κ3) is 2.77. The lowest BCUT2D eigenvalue weighted by Crippen LogP contribution is -2.41. The first kappa shape index (κ1) is 14.0. The van der Waals surface area contributed by atoms with E-state index < -0.39 is 18.4 Å². The van der Waals surface area contributed by atoms with Gasteiger partial charge in [0.05, 0.1) is 0 Å². The molecule has 0 bridgehead atoms. The highest BCUT2D eigenvalue weighted by Crippen LogP contribution is 2.36. The number of nitrogens with one attached hydrogen (secondary N) is 1. The van der Waals surface area contributed by atoms with Crippen molar-refractivity contribution in [2.45, 2.75) is 32.2 Å². The number of benzene rings is 1. The lowest BCUT2D eigenvalue weighted by atomic mass is 9.97. The zero-order valence-electron chi connectivity index (χ0n) is 9.90. The van der Waals surface area contributed by atoms with E-state index in [9.17, 15) is 17.6 Å². The number of halogens is 4. The van der Waals surface area contributed by atoms with Crippen LogP contribution >= 0.6 is 0 Å². The summed E-state index contributed by atoms with van der Waals surface area (Å²) in [6.07, 6.45) is -3.69. The molecular weight excluding hydrogens is 234 g/mol. The number of aryl methyl sites for hydroxylation is 2. The summed E-state index contributed by atoms with van der Waals surface area (Å²) in [5.74, 6) is -4.09. The fraction of sp³-hybridized carbons (Fsp3) is 0.500. The molecule has 0 aliphatic rings. The average molecular weight is 249 g/mol. The Hall–Kier alpha value is -1.10. The summed E-state index contributed by atoms with van der Waals surface area (Å²) in [6, 6.07) is 2.92. The van der Waals surface area contributed by atoms with Crippen LogP contribution in [0.2, 0.25) is 0 Å². The fourth-order valence-electron chi connectivity index (χ4n) is 1.65. The fourth-order valence-corrected chi connectivity index (χ4v) is 1.65. The SMILES string of the molecule is CNC(c1ccc(C)c(C)c1)C(F)(F)C(F)F. The van der Waals surface area contributed by atoms with Crippen molar-refractivity contribution in [3.8, 4) is 0 Å². The van der Waals surface area contributed by atoms with Crippen LogP contribution in [0.3, 0.4) is 0 Å². The van der Waals surface area contributed by atoms with Gasteiger partial charge in [-0.05, 0) is 37.6 Å². The number of hydrogen-bond acceptors (Lipinski definition) is 1. The first-order valence-electron chi connectivity index (χ1n) is 5.21.